The second-order valence-electron chi connectivity index (χ2n) is 6.45. The summed E-state index contributed by atoms with van der Waals surface area (Å²) < 4.78 is 1.26. The van der Waals surface area contributed by atoms with Gasteiger partial charge in [0.25, 0.3) is 0 Å². The highest BCUT2D eigenvalue weighted by Gasteiger charge is 2.38. The van der Waals surface area contributed by atoms with Crippen molar-refractivity contribution in [1.82, 2.24) is 0 Å². The second-order valence-corrected chi connectivity index (χ2v) is 7.30. The van der Waals surface area contributed by atoms with Crippen LogP contribution in [-0.4, -0.2) is 0 Å². The zero-order valence-corrected chi connectivity index (χ0v) is 13.2. The molecule has 1 heteroatoms. The van der Waals surface area contributed by atoms with Crippen LogP contribution in [0.15, 0.2) is 16.6 Å². The molecule has 2 rings (SSSR count). The Bertz CT molecular complexity index is 445. The highest BCUT2D eigenvalue weighted by atomic mass is 79.9. The van der Waals surface area contributed by atoms with E-state index in [0.717, 1.165) is 0 Å². The molecule has 1 atom stereocenters. The first-order chi connectivity index (χ1) is 7.80. The van der Waals surface area contributed by atoms with Gasteiger partial charge in [0.1, 0.15) is 0 Å². The molecule has 0 heterocycles. The van der Waals surface area contributed by atoms with Gasteiger partial charge in [-0.05, 0) is 59.8 Å². The average molecular weight is 295 g/mol. The van der Waals surface area contributed by atoms with Crippen molar-refractivity contribution >= 4 is 15.9 Å². The summed E-state index contributed by atoms with van der Waals surface area (Å²) in [5.74, 6) is 0. The topological polar surface area (TPSA) is 0 Å². The molecule has 1 aliphatic carbocycles. The van der Waals surface area contributed by atoms with Crippen molar-refractivity contribution in [2.24, 2.45) is 0 Å². The smallest absolute Gasteiger partial charge is 0.0207 e. The van der Waals surface area contributed by atoms with Crippen molar-refractivity contribution in [1.29, 1.82) is 0 Å². The fourth-order valence-electron chi connectivity index (χ4n) is 2.97. The Balaban J connectivity index is 2.69. The maximum absolute atomic E-state index is 3.69. The molecule has 17 heavy (non-hydrogen) atoms. The van der Waals surface area contributed by atoms with E-state index < -0.39 is 0 Å². The molecule has 0 bridgehead atoms. The maximum Gasteiger partial charge on any atom is 0.0207 e. The molecule has 0 aliphatic heterocycles. The highest BCUT2D eigenvalue weighted by molar-refractivity contribution is 9.10. The monoisotopic (exact) mass is 294 g/mol. The van der Waals surface area contributed by atoms with Crippen LogP contribution in [0.2, 0.25) is 0 Å². The van der Waals surface area contributed by atoms with Crippen LogP contribution in [0.4, 0.5) is 0 Å². The van der Waals surface area contributed by atoms with Crippen LogP contribution >= 0.6 is 15.9 Å². The largest absolute Gasteiger partial charge is 0.0645 e. The molecular formula is C16H23Br. The summed E-state index contributed by atoms with van der Waals surface area (Å²) in [5.41, 5.74) is 5.18. The predicted molar refractivity (Wildman–Crippen MR) is 78.8 cm³/mol. The SMILES string of the molecule is CCC1(C)CCC(C)(C)c2cc(C)c(Br)cc21. The van der Waals surface area contributed by atoms with Gasteiger partial charge in [-0.15, -0.1) is 0 Å². The molecule has 0 nitrogen and oxygen atoms in total. The Morgan fingerprint density at radius 3 is 2.35 bits per heavy atom. The summed E-state index contributed by atoms with van der Waals surface area (Å²) in [6, 6.07) is 4.77. The first kappa shape index (κ1) is 13.1. The van der Waals surface area contributed by atoms with Gasteiger partial charge in [0.15, 0.2) is 0 Å². The molecule has 94 valence electrons. The molecule has 0 fully saturated rings. The van der Waals surface area contributed by atoms with Gasteiger partial charge in [-0.1, -0.05) is 49.7 Å². The van der Waals surface area contributed by atoms with E-state index in [1.165, 1.54) is 29.3 Å². The molecular weight excluding hydrogens is 272 g/mol. The number of benzene rings is 1. The lowest BCUT2D eigenvalue weighted by Gasteiger charge is -2.43. The molecule has 0 aromatic heterocycles. The Kier molecular flexibility index (Phi) is 3.18. The Hall–Kier alpha value is -0.300. The van der Waals surface area contributed by atoms with Crippen LogP contribution in [-0.2, 0) is 10.8 Å². The molecule has 0 spiro atoms. The first-order valence-corrected chi connectivity index (χ1v) is 7.40. The van der Waals surface area contributed by atoms with E-state index in [9.17, 15) is 0 Å². The third-order valence-corrected chi connectivity index (χ3v) is 5.61. The predicted octanol–water partition coefficient (Wildman–Crippen LogP) is 5.50. The number of hydrogen-bond acceptors (Lipinski definition) is 0. The van der Waals surface area contributed by atoms with Gasteiger partial charge in [0, 0.05) is 4.47 Å². The van der Waals surface area contributed by atoms with Gasteiger partial charge < -0.3 is 0 Å². The van der Waals surface area contributed by atoms with E-state index in [1.54, 1.807) is 11.1 Å². The summed E-state index contributed by atoms with van der Waals surface area (Å²) in [6.45, 7) is 11.7. The molecule has 0 saturated heterocycles. The summed E-state index contributed by atoms with van der Waals surface area (Å²) in [4.78, 5) is 0. The maximum atomic E-state index is 3.69. The first-order valence-electron chi connectivity index (χ1n) is 6.61. The number of rotatable bonds is 1. The highest BCUT2D eigenvalue weighted by Crippen LogP contribution is 2.48. The van der Waals surface area contributed by atoms with E-state index >= 15 is 0 Å². The average Bonchev–Trinajstić information content (AvgIpc) is 2.27. The lowest BCUT2D eigenvalue weighted by atomic mass is 9.61. The van der Waals surface area contributed by atoms with Crippen molar-refractivity contribution in [2.75, 3.05) is 0 Å². The van der Waals surface area contributed by atoms with Gasteiger partial charge >= 0.3 is 0 Å². The third kappa shape index (κ3) is 2.07. The van der Waals surface area contributed by atoms with Gasteiger partial charge in [-0.3, -0.25) is 0 Å². The number of halogens is 1. The van der Waals surface area contributed by atoms with Crippen molar-refractivity contribution in [3.63, 3.8) is 0 Å². The number of fused-ring (bicyclic) bond motifs is 1. The van der Waals surface area contributed by atoms with Crippen LogP contribution in [0.1, 0.15) is 63.6 Å². The van der Waals surface area contributed by atoms with Gasteiger partial charge in [0.05, 0.1) is 0 Å². The molecule has 1 aromatic rings. The summed E-state index contributed by atoms with van der Waals surface area (Å²) in [5, 5.41) is 0. The van der Waals surface area contributed by atoms with E-state index in [2.05, 4.69) is 62.7 Å². The normalized spacial score (nSPS) is 26.7. The minimum Gasteiger partial charge on any atom is -0.0645 e. The number of aryl methyl sites for hydroxylation is 1. The van der Waals surface area contributed by atoms with Gasteiger partial charge in [0.2, 0.25) is 0 Å². The van der Waals surface area contributed by atoms with Gasteiger partial charge in [-0.2, -0.15) is 0 Å². The third-order valence-electron chi connectivity index (χ3n) is 4.76. The van der Waals surface area contributed by atoms with E-state index in [-0.39, 0.29) is 0 Å². The Morgan fingerprint density at radius 1 is 1.12 bits per heavy atom. The second kappa shape index (κ2) is 4.12. The van der Waals surface area contributed by atoms with Crippen molar-refractivity contribution in [2.45, 2.75) is 64.7 Å². The summed E-state index contributed by atoms with van der Waals surface area (Å²) >= 11 is 3.69. The molecule has 0 radical (unpaired) electrons. The number of hydrogen-bond donors (Lipinski definition) is 0. The minimum atomic E-state index is 0.329. The summed E-state index contributed by atoms with van der Waals surface area (Å²) in [6.07, 6.45) is 3.83. The van der Waals surface area contributed by atoms with Crippen molar-refractivity contribution < 1.29 is 0 Å². The van der Waals surface area contributed by atoms with E-state index in [4.69, 9.17) is 0 Å². The Morgan fingerprint density at radius 2 is 1.76 bits per heavy atom. The molecule has 1 aliphatic rings. The van der Waals surface area contributed by atoms with E-state index in [0.29, 0.717) is 10.8 Å². The van der Waals surface area contributed by atoms with E-state index in [1.807, 2.05) is 0 Å². The van der Waals surface area contributed by atoms with Crippen LogP contribution in [0, 0.1) is 6.92 Å². The van der Waals surface area contributed by atoms with Crippen LogP contribution < -0.4 is 0 Å². The van der Waals surface area contributed by atoms with Crippen LogP contribution in [0.25, 0.3) is 0 Å². The van der Waals surface area contributed by atoms with Gasteiger partial charge in [-0.25, -0.2) is 0 Å². The zero-order valence-electron chi connectivity index (χ0n) is 11.7. The lowest BCUT2D eigenvalue weighted by Crippen LogP contribution is -2.35. The quantitative estimate of drug-likeness (QED) is 0.642. The standard InChI is InChI=1S/C16H23Br/c1-6-16(5)8-7-15(3,4)12-9-11(2)14(17)10-13(12)16/h9-10H,6-8H2,1-5H3. The fraction of sp³-hybridized carbons (Fsp3) is 0.625. The molecule has 1 aromatic carbocycles. The fourth-order valence-corrected chi connectivity index (χ4v) is 3.31. The molecule has 1 unspecified atom stereocenters. The van der Waals surface area contributed by atoms with Crippen molar-refractivity contribution in [3.8, 4) is 0 Å². The summed E-state index contributed by atoms with van der Waals surface area (Å²) in [7, 11) is 0. The molecule has 0 saturated carbocycles. The van der Waals surface area contributed by atoms with Crippen LogP contribution in [0.3, 0.4) is 0 Å². The molecule has 0 N–H and O–H groups in total. The zero-order chi connectivity index (χ0) is 12.8. The van der Waals surface area contributed by atoms with Crippen molar-refractivity contribution in [3.05, 3.63) is 33.3 Å². The van der Waals surface area contributed by atoms with Crippen LogP contribution in [0.5, 0.6) is 0 Å². The Labute approximate surface area is 114 Å². The lowest BCUT2D eigenvalue weighted by molar-refractivity contribution is 0.304. The minimum absolute atomic E-state index is 0.329. The molecule has 0 amide bonds.